The van der Waals surface area contributed by atoms with Gasteiger partial charge in [0.15, 0.2) is 14.6 Å². The van der Waals surface area contributed by atoms with Gasteiger partial charge in [0.05, 0.1) is 10.2 Å². The third-order valence-corrected chi connectivity index (χ3v) is 5.98. The Morgan fingerprint density at radius 3 is 2.50 bits per heavy atom. The van der Waals surface area contributed by atoms with Crippen LogP contribution in [0.4, 0.5) is 4.39 Å². The number of carboxylic acid groups (broad SMARTS) is 1. The van der Waals surface area contributed by atoms with Gasteiger partial charge in [-0.25, -0.2) is 12.8 Å². The largest absolute Gasteiger partial charge is 0.480 e. The molecule has 4 nitrogen and oxygen atoms in total. The molecular weight excluding hydrogens is 327 g/mol. The number of hydrogen-bond acceptors (Lipinski definition) is 3. The van der Waals surface area contributed by atoms with Crippen molar-refractivity contribution < 1.29 is 22.7 Å². The lowest BCUT2D eigenvalue weighted by molar-refractivity contribution is -0.139. The molecule has 0 bridgehead atoms. The van der Waals surface area contributed by atoms with Crippen LogP contribution in [0.1, 0.15) is 19.4 Å². The molecule has 1 aromatic rings. The summed E-state index contributed by atoms with van der Waals surface area (Å²) in [6.07, 6.45) is 0. The molecule has 0 amide bonds. The highest BCUT2D eigenvalue weighted by Crippen LogP contribution is 2.27. The third-order valence-electron chi connectivity index (χ3n) is 2.67. The quantitative estimate of drug-likeness (QED) is 0.914. The first-order chi connectivity index (χ1) is 8.09. The zero-order valence-corrected chi connectivity index (χ0v) is 12.2. The molecule has 7 heteroatoms. The number of rotatable bonds is 4. The van der Waals surface area contributed by atoms with Crippen LogP contribution in [0.3, 0.4) is 0 Å². The fourth-order valence-corrected chi connectivity index (χ4v) is 3.05. The predicted molar refractivity (Wildman–Crippen MR) is 68.4 cm³/mol. The van der Waals surface area contributed by atoms with Crippen LogP contribution in [0, 0.1) is 5.82 Å². The minimum atomic E-state index is -3.95. The Morgan fingerprint density at radius 2 is 2.00 bits per heavy atom. The van der Waals surface area contributed by atoms with E-state index >= 15 is 0 Å². The maximum absolute atomic E-state index is 13.3. The topological polar surface area (TPSA) is 71.4 Å². The van der Waals surface area contributed by atoms with E-state index in [9.17, 15) is 17.6 Å². The Bertz CT molecular complexity index is 581. The maximum atomic E-state index is 13.3. The number of aliphatic carboxylic acids is 1. The second kappa shape index (κ2) is 4.97. The molecule has 0 aromatic heterocycles. The van der Waals surface area contributed by atoms with Crippen LogP contribution < -0.4 is 0 Å². The molecule has 0 aliphatic carbocycles. The van der Waals surface area contributed by atoms with E-state index in [1.54, 1.807) is 0 Å². The predicted octanol–water partition coefficient (Wildman–Crippen LogP) is 2.37. The Morgan fingerprint density at radius 1 is 1.44 bits per heavy atom. The molecule has 0 fully saturated rings. The van der Waals surface area contributed by atoms with Gasteiger partial charge in [-0.05, 0) is 41.4 Å². The summed E-state index contributed by atoms with van der Waals surface area (Å²) in [5.41, 5.74) is 0.198. The number of sulfone groups is 1. The number of carboxylic acids is 1. The maximum Gasteiger partial charge on any atom is 0.324 e. The van der Waals surface area contributed by atoms with Crippen LogP contribution in [-0.2, 0) is 20.4 Å². The molecule has 0 radical (unpaired) electrons. The average Bonchev–Trinajstić information content (AvgIpc) is 2.24. The molecule has 1 rings (SSSR count). The van der Waals surface area contributed by atoms with Crippen molar-refractivity contribution in [2.24, 2.45) is 0 Å². The smallest absolute Gasteiger partial charge is 0.324 e. The minimum Gasteiger partial charge on any atom is -0.480 e. The first kappa shape index (κ1) is 15.1. The fourth-order valence-electron chi connectivity index (χ4n) is 1.18. The van der Waals surface area contributed by atoms with Gasteiger partial charge in [0, 0.05) is 0 Å². The average molecular weight is 339 g/mol. The van der Waals surface area contributed by atoms with Crippen LogP contribution in [0.15, 0.2) is 22.7 Å². The Balaban J connectivity index is 3.19. The Labute approximate surface area is 113 Å². The molecule has 0 aliphatic heterocycles. The molecule has 1 N–H and O–H groups in total. The summed E-state index contributed by atoms with van der Waals surface area (Å²) in [6.45, 7) is 2.22. The van der Waals surface area contributed by atoms with Crippen molar-refractivity contribution >= 4 is 31.7 Å². The lowest BCUT2D eigenvalue weighted by Crippen LogP contribution is -2.41. The van der Waals surface area contributed by atoms with Crippen molar-refractivity contribution in [2.75, 3.05) is 0 Å². The molecule has 0 heterocycles. The second-order valence-electron chi connectivity index (χ2n) is 4.29. The lowest BCUT2D eigenvalue weighted by atomic mass is 10.2. The van der Waals surface area contributed by atoms with Crippen LogP contribution >= 0.6 is 15.9 Å². The van der Waals surface area contributed by atoms with E-state index < -0.39 is 32.1 Å². The molecule has 0 spiro atoms. The van der Waals surface area contributed by atoms with Gasteiger partial charge in [0.1, 0.15) is 5.82 Å². The van der Waals surface area contributed by atoms with Crippen molar-refractivity contribution in [3.05, 3.63) is 34.1 Å². The van der Waals surface area contributed by atoms with Crippen molar-refractivity contribution in [2.45, 2.75) is 24.3 Å². The van der Waals surface area contributed by atoms with E-state index in [0.29, 0.717) is 0 Å². The van der Waals surface area contributed by atoms with E-state index in [4.69, 9.17) is 5.11 Å². The third kappa shape index (κ3) is 2.72. The molecule has 0 aliphatic rings. The number of carbonyl (C=O) groups is 1. The van der Waals surface area contributed by atoms with E-state index in [1.165, 1.54) is 18.2 Å². The summed E-state index contributed by atoms with van der Waals surface area (Å²) in [5.74, 6) is -2.56. The van der Waals surface area contributed by atoms with Gasteiger partial charge < -0.3 is 5.11 Å². The van der Waals surface area contributed by atoms with Gasteiger partial charge in [-0.3, -0.25) is 4.79 Å². The summed E-state index contributed by atoms with van der Waals surface area (Å²) in [6, 6.07) is 3.99. The van der Waals surface area contributed by atoms with Crippen LogP contribution in [0.25, 0.3) is 0 Å². The lowest BCUT2D eigenvalue weighted by Gasteiger charge is -2.20. The molecule has 0 saturated heterocycles. The van der Waals surface area contributed by atoms with Gasteiger partial charge in [-0.15, -0.1) is 0 Å². The zero-order valence-electron chi connectivity index (χ0n) is 9.78. The Kier molecular flexibility index (Phi) is 4.17. The van der Waals surface area contributed by atoms with Crippen molar-refractivity contribution in [3.8, 4) is 0 Å². The highest BCUT2D eigenvalue weighted by Gasteiger charge is 2.42. The standard InChI is InChI=1S/C11H12BrFO4S/c1-11(2,10(14)15)18(16,17)6-7-4-3-5-8(13)9(7)12/h3-5H,6H2,1-2H3,(H,14,15). The summed E-state index contributed by atoms with van der Waals surface area (Å²) < 4.78 is 35.4. The monoisotopic (exact) mass is 338 g/mol. The van der Waals surface area contributed by atoms with Crippen molar-refractivity contribution in [1.82, 2.24) is 0 Å². The van der Waals surface area contributed by atoms with Gasteiger partial charge in [-0.2, -0.15) is 0 Å². The molecule has 0 atom stereocenters. The molecule has 0 unspecified atom stereocenters. The van der Waals surface area contributed by atoms with Crippen LogP contribution in [0.5, 0.6) is 0 Å². The molecular formula is C11H12BrFO4S. The van der Waals surface area contributed by atoms with E-state index in [2.05, 4.69) is 15.9 Å². The summed E-state index contributed by atoms with van der Waals surface area (Å²) in [7, 11) is -3.95. The van der Waals surface area contributed by atoms with Gasteiger partial charge >= 0.3 is 5.97 Å². The van der Waals surface area contributed by atoms with Gasteiger partial charge in [0.2, 0.25) is 0 Å². The number of halogens is 2. The number of benzene rings is 1. The summed E-state index contributed by atoms with van der Waals surface area (Å²) in [4.78, 5) is 10.9. The molecule has 0 saturated carbocycles. The normalized spacial score (nSPS) is 12.4. The first-order valence-electron chi connectivity index (χ1n) is 4.98. The SMILES string of the molecule is CC(C)(C(=O)O)S(=O)(=O)Cc1cccc(F)c1Br. The van der Waals surface area contributed by atoms with E-state index in [0.717, 1.165) is 13.8 Å². The van der Waals surface area contributed by atoms with E-state index in [-0.39, 0.29) is 10.0 Å². The molecule has 100 valence electrons. The molecule has 18 heavy (non-hydrogen) atoms. The number of hydrogen-bond donors (Lipinski definition) is 1. The van der Waals surface area contributed by atoms with E-state index in [1.807, 2.05) is 0 Å². The Hall–Kier alpha value is -0.950. The van der Waals surface area contributed by atoms with Crippen molar-refractivity contribution in [3.63, 3.8) is 0 Å². The zero-order chi connectivity index (χ0) is 14.1. The first-order valence-corrected chi connectivity index (χ1v) is 7.42. The van der Waals surface area contributed by atoms with Gasteiger partial charge in [-0.1, -0.05) is 12.1 Å². The fraction of sp³-hybridized carbons (Fsp3) is 0.364. The summed E-state index contributed by atoms with van der Waals surface area (Å²) in [5, 5.41) is 8.91. The van der Waals surface area contributed by atoms with Crippen LogP contribution in [0.2, 0.25) is 0 Å². The molecule has 1 aromatic carbocycles. The summed E-state index contributed by atoms with van der Waals surface area (Å²) >= 11 is 2.95. The highest BCUT2D eigenvalue weighted by atomic mass is 79.9. The highest BCUT2D eigenvalue weighted by molar-refractivity contribution is 9.10. The van der Waals surface area contributed by atoms with Crippen LogP contribution in [-0.4, -0.2) is 24.2 Å². The van der Waals surface area contributed by atoms with Gasteiger partial charge in [0.25, 0.3) is 0 Å². The minimum absolute atomic E-state index is 0.0368. The second-order valence-corrected chi connectivity index (χ2v) is 7.62. The van der Waals surface area contributed by atoms with Crippen molar-refractivity contribution in [1.29, 1.82) is 0 Å².